The van der Waals surface area contributed by atoms with Crippen molar-refractivity contribution in [1.82, 2.24) is 9.88 Å². The number of hydrogen-bond acceptors (Lipinski definition) is 7. The van der Waals surface area contributed by atoms with Crippen LogP contribution in [-0.4, -0.2) is 48.2 Å². The van der Waals surface area contributed by atoms with Crippen molar-refractivity contribution >= 4 is 17.3 Å². The summed E-state index contributed by atoms with van der Waals surface area (Å²) in [6, 6.07) is 7.78. The van der Waals surface area contributed by atoms with E-state index in [4.69, 9.17) is 20.9 Å². The molecule has 0 bridgehead atoms. The van der Waals surface area contributed by atoms with Gasteiger partial charge in [-0.15, -0.1) is 0 Å². The Morgan fingerprint density at radius 2 is 2.09 bits per heavy atom. The van der Waals surface area contributed by atoms with Gasteiger partial charge in [-0.25, -0.2) is 0 Å². The van der Waals surface area contributed by atoms with Gasteiger partial charge in [-0.1, -0.05) is 6.07 Å². The van der Waals surface area contributed by atoms with E-state index < -0.39 is 17.5 Å². The molecule has 3 heterocycles. The van der Waals surface area contributed by atoms with E-state index in [1.165, 1.54) is 12.3 Å². The van der Waals surface area contributed by atoms with Gasteiger partial charge < -0.3 is 31.2 Å². The molecule has 0 radical (unpaired) electrons. The number of fused-ring (bicyclic) bond motifs is 1. The lowest BCUT2D eigenvalue weighted by Crippen LogP contribution is -2.50. The molecule has 1 atom stereocenters. The van der Waals surface area contributed by atoms with Crippen LogP contribution >= 0.6 is 0 Å². The third-order valence-electron chi connectivity index (χ3n) is 5.79. The van der Waals surface area contributed by atoms with Crippen molar-refractivity contribution in [2.45, 2.75) is 25.8 Å². The van der Waals surface area contributed by atoms with Crippen LogP contribution in [0.25, 0.3) is 5.70 Å². The minimum Gasteiger partial charge on any atom is -0.476 e. The summed E-state index contributed by atoms with van der Waals surface area (Å²) in [5, 5.41) is 2.73. The molecule has 1 aromatic carbocycles. The maximum atomic E-state index is 13.6. The number of nitrogens with zero attached hydrogens (tertiary/aromatic N) is 2. The van der Waals surface area contributed by atoms with Gasteiger partial charge in [0.2, 0.25) is 5.88 Å². The van der Waals surface area contributed by atoms with Crippen molar-refractivity contribution in [2.75, 3.05) is 31.7 Å². The highest BCUT2D eigenvalue weighted by atomic mass is 19.3. The summed E-state index contributed by atoms with van der Waals surface area (Å²) in [7, 11) is 0. The molecule has 180 valence electrons. The highest BCUT2D eigenvalue weighted by Gasteiger charge is 2.31. The summed E-state index contributed by atoms with van der Waals surface area (Å²) in [6.45, 7) is 4.88. The number of hydrogen-bond donors (Lipinski definition) is 3. The first kappa shape index (κ1) is 23.5. The molecule has 8 nitrogen and oxygen atoms in total. The number of alkyl halides is 2. The monoisotopic (exact) mass is 471 g/mol. The van der Waals surface area contributed by atoms with E-state index in [1.807, 2.05) is 13.0 Å². The van der Waals surface area contributed by atoms with Gasteiger partial charge in [-0.3, -0.25) is 9.78 Å². The predicted molar refractivity (Wildman–Crippen MR) is 124 cm³/mol. The van der Waals surface area contributed by atoms with E-state index in [2.05, 4.69) is 15.2 Å². The van der Waals surface area contributed by atoms with Crippen LogP contribution in [0.4, 0.5) is 14.5 Å². The molecule has 0 saturated carbocycles. The third-order valence-corrected chi connectivity index (χ3v) is 5.79. The number of aryl methyl sites for hydroxylation is 1. The molecule has 0 aliphatic carbocycles. The number of ether oxygens (including phenoxy) is 2. The van der Waals surface area contributed by atoms with Crippen molar-refractivity contribution in [1.29, 1.82) is 0 Å². The number of nitrogens with two attached hydrogens (primary N) is 2. The summed E-state index contributed by atoms with van der Waals surface area (Å²) < 4.78 is 38.3. The molecule has 1 saturated heterocycles. The molecule has 0 spiro atoms. The molecule has 1 unspecified atom stereocenters. The number of rotatable bonds is 5. The van der Waals surface area contributed by atoms with Crippen LogP contribution in [-0.2, 0) is 15.4 Å². The molecular formula is C24H27F2N5O3. The Morgan fingerprint density at radius 3 is 2.85 bits per heavy atom. The van der Waals surface area contributed by atoms with Crippen LogP contribution in [0, 0.1) is 6.92 Å². The van der Waals surface area contributed by atoms with Crippen molar-refractivity contribution in [3.63, 3.8) is 0 Å². The average molecular weight is 472 g/mol. The number of amides is 1. The molecule has 4 rings (SSSR count). The minimum absolute atomic E-state index is 0.0626. The molecule has 10 heteroatoms. The predicted octanol–water partition coefficient (Wildman–Crippen LogP) is 2.91. The lowest BCUT2D eigenvalue weighted by molar-refractivity contribution is -0.0348. The quantitative estimate of drug-likeness (QED) is 0.614. The zero-order chi connectivity index (χ0) is 24.5. The Hall–Kier alpha value is -3.66. The first-order valence-corrected chi connectivity index (χ1v) is 10.8. The molecule has 1 aromatic heterocycles. The SMILES string of the molecule is Cc1ccc(NC(=O)c2ccnc(C(C)(F)F)c2)cc1/C(N)=C/C1=C(N)OCC2COCCN12. The third kappa shape index (κ3) is 4.96. The fourth-order valence-corrected chi connectivity index (χ4v) is 3.92. The van der Waals surface area contributed by atoms with Gasteiger partial charge in [0, 0.05) is 42.2 Å². The molecule has 5 N–H and O–H groups in total. The Bertz CT molecular complexity index is 1160. The zero-order valence-corrected chi connectivity index (χ0v) is 19.0. The van der Waals surface area contributed by atoms with Crippen molar-refractivity contribution in [2.24, 2.45) is 11.5 Å². The fourth-order valence-electron chi connectivity index (χ4n) is 3.92. The molecule has 1 amide bonds. The summed E-state index contributed by atoms with van der Waals surface area (Å²) in [5.41, 5.74) is 15.3. The summed E-state index contributed by atoms with van der Waals surface area (Å²) in [6.07, 6.45) is 2.95. The van der Waals surface area contributed by atoms with Gasteiger partial charge >= 0.3 is 0 Å². The van der Waals surface area contributed by atoms with Crippen molar-refractivity contribution in [3.8, 4) is 0 Å². The minimum atomic E-state index is -3.15. The Labute approximate surface area is 196 Å². The second kappa shape index (κ2) is 9.30. The highest BCUT2D eigenvalue weighted by Crippen LogP contribution is 2.28. The van der Waals surface area contributed by atoms with E-state index in [1.54, 1.807) is 18.2 Å². The van der Waals surface area contributed by atoms with Crippen molar-refractivity contribution in [3.05, 3.63) is 76.6 Å². The van der Waals surface area contributed by atoms with Gasteiger partial charge in [0.25, 0.3) is 11.8 Å². The first-order chi connectivity index (χ1) is 16.1. The number of aromatic nitrogens is 1. The lowest BCUT2D eigenvalue weighted by Gasteiger charge is -2.41. The fraction of sp³-hybridized carbons (Fsp3) is 0.333. The second-order valence-electron chi connectivity index (χ2n) is 8.38. The zero-order valence-electron chi connectivity index (χ0n) is 19.0. The maximum absolute atomic E-state index is 13.6. The van der Waals surface area contributed by atoms with Gasteiger partial charge in [0.1, 0.15) is 12.3 Å². The molecular weight excluding hydrogens is 444 g/mol. The van der Waals surface area contributed by atoms with Crippen LogP contribution in [0.1, 0.15) is 34.1 Å². The lowest BCUT2D eigenvalue weighted by atomic mass is 10.0. The summed E-state index contributed by atoms with van der Waals surface area (Å²) >= 11 is 0. The standard InChI is InChI=1S/C24H27F2N5O3/c1-14-3-4-16(30-23(32)15-5-6-29-21(9-15)24(2,25)26)10-18(14)19(27)11-20-22(28)34-13-17-12-33-8-7-31(17)20/h3-6,9-11,17H,7-8,12-13,27-28H2,1-2H3,(H,30,32)/b19-11-. The number of halogens is 2. The summed E-state index contributed by atoms with van der Waals surface area (Å²) in [5.74, 6) is -3.38. The van der Waals surface area contributed by atoms with Gasteiger partial charge in [0.15, 0.2) is 0 Å². The molecule has 34 heavy (non-hydrogen) atoms. The number of morpholine rings is 1. The van der Waals surface area contributed by atoms with Crippen LogP contribution in [0.15, 0.2) is 54.2 Å². The number of carbonyl (C=O) groups excluding carboxylic acids is 1. The van der Waals surface area contributed by atoms with Gasteiger partial charge in [-0.05, 0) is 42.8 Å². The van der Waals surface area contributed by atoms with Crippen LogP contribution in [0.2, 0.25) is 0 Å². The molecule has 1 fully saturated rings. The summed E-state index contributed by atoms with van der Waals surface area (Å²) in [4.78, 5) is 18.5. The number of nitrogens with one attached hydrogen (secondary N) is 1. The molecule has 2 aliphatic rings. The highest BCUT2D eigenvalue weighted by molar-refractivity contribution is 6.04. The Balaban J connectivity index is 1.58. The molecule has 2 aliphatic heterocycles. The normalized spacial score (nSPS) is 18.9. The van der Waals surface area contributed by atoms with Crippen LogP contribution < -0.4 is 16.8 Å². The molecule has 2 aromatic rings. The van der Waals surface area contributed by atoms with Gasteiger partial charge in [0.05, 0.1) is 25.0 Å². The number of carbonyl (C=O) groups is 1. The van der Waals surface area contributed by atoms with Crippen LogP contribution in [0.5, 0.6) is 0 Å². The van der Waals surface area contributed by atoms with Gasteiger partial charge in [-0.2, -0.15) is 8.78 Å². The van der Waals surface area contributed by atoms with E-state index in [-0.39, 0.29) is 11.6 Å². The Kier molecular flexibility index (Phi) is 6.43. The van der Waals surface area contributed by atoms with E-state index in [0.29, 0.717) is 54.9 Å². The number of allylic oxidation sites excluding steroid dienone is 1. The number of pyridine rings is 1. The van der Waals surface area contributed by atoms with Crippen LogP contribution in [0.3, 0.4) is 0 Å². The number of anilines is 1. The number of benzene rings is 1. The first-order valence-electron chi connectivity index (χ1n) is 10.8. The topological polar surface area (TPSA) is 116 Å². The maximum Gasteiger partial charge on any atom is 0.286 e. The second-order valence-corrected chi connectivity index (χ2v) is 8.38. The smallest absolute Gasteiger partial charge is 0.286 e. The average Bonchev–Trinajstić information content (AvgIpc) is 2.81. The van der Waals surface area contributed by atoms with E-state index in [9.17, 15) is 13.6 Å². The Morgan fingerprint density at radius 1 is 1.29 bits per heavy atom. The van der Waals surface area contributed by atoms with E-state index in [0.717, 1.165) is 18.6 Å². The largest absolute Gasteiger partial charge is 0.476 e. The van der Waals surface area contributed by atoms with E-state index >= 15 is 0 Å². The van der Waals surface area contributed by atoms with Crippen molar-refractivity contribution < 1.29 is 23.0 Å².